The largest absolute Gasteiger partial charge is 0.499 e. The molecule has 13 heteroatoms. The van der Waals surface area contributed by atoms with Crippen molar-refractivity contribution in [2.45, 2.75) is 115 Å². The lowest BCUT2D eigenvalue weighted by Gasteiger charge is -2.38. The molecule has 0 aliphatic carbocycles. The van der Waals surface area contributed by atoms with E-state index in [-0.39, 0.29) is 48.5 Å². The third-order valence-corrected chi connectivity index (χ3v) is 11.5. The number of carbonyl (C=O) groups excluding carboxylic acids is 6. The standard InChI is InChI=1S/C44H59N5O8/c1-7-16-32(56-5)27-38(50)45-33(25-30-17-10-8-11-18-30)41(52)47-23-14-21-34(47)42(53)46(4)40(29(2)3)44(55)48-24-15-22-35(48)43(54)49-36(37(57-6)28-39(49)51)26-31-19-12-9-13-20-31/h8-13,17-20,28-29,32-36,40H,7,14-16,21-27H2,1-6H3,(H,45,50)/t32-,33+,34+,35+,36+,40+/m1/s1. The van der Waals surface area contributed by atoms with E-state index in [1.807, 2.05) is 81.4 Å². The number of benzene rings is 2. The quantitative estimate of drug-likeness (QED) is 0.238. The number of carbonyl (C=O) groups is 6. The van der Waals surface area contributed by atoms with Gasteiger partial charge in [-0.05, 0) is 49.1 Å². The Labute approximate surface area is 336 Å². The number of hydrogen-bond donors (Lipinski definition) is 1. The van der Waals surface area contributed by atoms with Crippen LogP contribution in [0.4, 0.5) is 0 Å². The zero-order valence-corrected chi connectivity index (χ0v) is 34.2. The number of rotatable bonds is 17. The van der Waals surface area contributed by atoms with Gasteiger partial charge < -0.3 is 29.5 Å². The van der Waals surface area contributed by atoms with Gasteiger partial charge in [0.1, 0.15) is 36.0 Å². The van der Waals surface area contributed by atoms with Crippen molar-refractivity contribution in [1.29, 1.82) is 0 Å². The summed E-state index contributed by atoms with van der Waals surface area (Å²) in [6, 6.07) is 14.7. The molecule has 3 aliphatic heterocycles. The molecule has 0 radical (unpaired) electrons. The van der Waals surface area contributed by atoms with E-state index in [0.29, 0.717) is 57.4 Å². The predicted molar refractivity (Wildman–Crippen MR) is 214 cm³/mol. The second-order valence-electron chi connectivity index (χ2n) is 15.7. The number of likely N-dealkylation sites (tertiary alicyclic amines) is 2. The molecule has 308 valence electrons. The maximum atomic E-state index is 14.6. The van der Waals surface area contributed by atoms with Crippen LogP contribution < -0.4 is 5.32 Å². The van der Waals surface area contributed by atoms with E-state index in [4.69, 9.17) is 9.47 Å². The van der Waals surface area contributed by atoms with Crippen LogP contribution in [0.3, 0.4) is 0 Å². The summed E-state index contributed by atoms with van der Waals surface area (Å²) in [6.07, 6.45) is 5.24. The van der Waals surface area contributed by atoms with Gasteiger partial charge in [-0.3, -0.25) is 33.7 Å². The highest BCUT2D eigenvalue weighted by Gasteiger charge is 2.48. The van der Waals surface area contributed by atoms with Crippen molar-refractivity contribution in [1.82, 2.24) is 24.9 Å². The topological polar surface area (TPSA) is 146 Å². The maximum absolute atomic E-state index is 14.6. The van der Waals surface area contributed by atoms with Gasteiger partial charge in [-0.1, -0.05) is 87.9 Å². The highest BCUT2D eigenvalue weighted by atomic mass is 16.5. The van der Waals surface area contributed by atoms with Crippen molar-refractivity contribution in [3.8, 4) is 0 Å². The molecule has 6 atom stereocenters. The number of nitrogens with one attached hydrogen (secondary N) is 1. The van der Waals surface area contributed by atoms with Gasteiger partial charge in [0.2, 0.25) is 23.6 Å². The van der Waals surface area contributed by atoms with Gasteiger partial charge in [-0.15, -0.1) is 0 Å². The van der Waals surface area contributed by atoms with Gasteiger partial charge in [-0.2, -0.15) is 0 Å². The second-order valence-corrected chi connectivity index (χ2v) is 15.7. The number of imide groups is 1. The van der Waals surface area contributed by atoms with Crippen LogP contribution in [0.5, 0.6) is 0 Å². The molecule has 1 N–H and O–H groups in total. The summed E-state index contributed by atoms with van der Waals surface area (Å²) in [5.74, 6) is -2.34. The van der Waals surface area contributed by atoms with Crippen molar-refractivity contribution in [2.75, 3.05) is 34.4 Å². The lowest BCUT2D eigenvalue weighted by molar-refractivity contribution is -0.155. The van der Waals surface area contributed by atoms with Crippen molar-refractivity contribution in [3.63, 3.8) is 0 Å². The van der Waals surface area contributed by atoms with E-state index in [1.54, 1.807) is 19.1 Å². The molecule has 0 bridgehead atoms. The Balaban J connectivity index is 1.33. The smallest absolute Gasteiger partial charge is 0.257 e. The Bertz CT molecular complexity index is 1770. The normalized spacial score (nSPS) is 21.0. The molecule has 13 nitrogen and oxygen atoms in total. The molecule has 2 aromatic rings. The lowest BCUT2D eigenvalue weighted by atomic mass is 9.99. The molecule has 3 aliphatic rings. The van der Waals surface area contributed by atoms with Crippen LogP contribution in [-0.4, -0.2) is 126 Å². The highest BCUT2D eigenvalue weighted by Crippen LogP contribution is 2.31. The molecule has 3 heterocycles. The fourth-order valence-electron chi connectivity index (χ4n) is 8.57. The molecule has 0 unspecified atom stereocenters. The van der Waals surface area contributed by atoms with E-state index in [0.717, 1.165) is 17.5 Å². The molecule has 57 heavy (non-hydrogen) atoms. The number of likely N-dealkylation sites (N-methyl/N-ethyl adjacent to an activating group) is 1. The van der Waals surface area contributed by atoms with Crippen LogP contribution in [0.25, 0.3) is 0 Å². The summed E-state index contributed by atoms with van der Waals surface area (Å²) >= 11 is 0. The summed E-state index contributed by atoms with van der Waals surface area (Å²) in [6.45, 7) is 6.34. The third-order valence-electron chi connectivity index (χ3n) is 11.5. The zero-order chi connectivity index (χ0) is 41.2. The first-order chi connectivity index (χ1) is 27.4. The molecule has 5 rings (SSSR count). The average Bonchev–Trinajstić information content (AvgIpc) is 3.97. The molecule has 0 spiro atoms. The molecule has 2 saturated heterocycles. The van der Waals surface area contributed by atoms with Crippen molar-refractivity contribution in [3.05, 3.63) is 83.6 Å². The first-order valence-electron chi connectivity index (χ1n) is 20.3. The van der Waals surface area contributed by atoms with E-state index in [9.17, 15) is 28.8 Å². The van der Waals surface area contributed by atoms with Crippen LogP contribution in [0.1, 0.15) is 76.8 Å². The van der Waals surface area contributed by atoms with Gasteiger partial charge in [-0.25, -0.2) is 0 Å². The molecule has 2 fully saturated rings. The molecule has 0 aromatic heterocycles. The first-order valence-corrected chi connectivity index (χ1v) is 20.3. The van der Waals surface area contributed by atoms with Crippen LogP contribution in [-0.2, 0) is 51.1 Å². The third kappa shape index (κ3) is 10.1. The van der Waals surface area contributed by atoms with Gasteiger partial charge in [0.25, 0.3) is 11.8 Å². The maximum Gasteiger partial charge on any atom is 0.257 e. The van der Waals surface area contributed by atoms with Crippen LogP contribution in [0, 0.1) is 5.92 Å². The summed E-state index contributed by atoms with van der Waals surface area (Å²) in [5.41, 5.74) is 1.79. The Morgan fingerprint density at radius 3 is 2.04 bits per heavy atom. The molecular weight excluding hydrogens is 727 g/mol. The molecule has 0 saturated carbocycles. The van der Waals surface area contributed by atoms with Gasteiger partial charge >= 0.3 is 0 Å². The van der Waals surface area contributed by atoms with Crippen LogP contribution in [0.2, 0.25) is 0 Å². The van der Waals surface area contributed by atoms with Gasteiger partial charge in [0.05, 0.1) is 19.6 Å². The number of nitrogens with zero attached hydrogens (tertiary/aromatic N) is 4. The lowest BCUT2D eigenvalue weighted by Crippen LogP contribution is -2.60. The summed E-state index contributed by atoms with van der Waals surface area (Å²) in [7, 11) is 4.62. The Morgan fingerprint density at radius 1 is 0.860 bits per heavy atom. The van der Waals surface area contributed by atoms with Crippen molar-refractivity contribution >= 4 is 35.4 Å². The Hall–Kier alpha value is -5.04. The zero-order valence-electron chi connectivity index (χ0n) is 34.2. The summed E-state index contributed by atoms with van der Waals surface area (Å²) in [4.78, 5) is 90.0. The van der Waals surface area contributed by atoms with E-state index >= 15 is 0 Å². The van der Waals surface area contributed by atoms with Crippen molar-refractivity contribution < 1.29 is 38.2 Å². The van der Waals surface area contributed by atoms with Gasteiger partial charge in [0.15, 0.2) is 0 Å². The Morgan fingerprint density at radius 2 is 1.46 bits per heavy atom. The first kappa shape index (κ1) is 43.1. The molecule has 6 amide bonds. The van der Waals surface area contributed by atoms with Crippen LogP contribution >= 0.6 is 0 Å². The fraction of sp³-hybridized carbons (Fsp3) is 0.545. The summed E-state index contributed by atoms with van der Waals surface area (Å²) < 4.78 is 11.0. The summed E-state index contributed by atoms with van der Waals surface area (Å²) in [5, 5.41) is 2.95. The number of ether oxygens (including phenoxy) is 2. The average molecular weight is 786 g/mol. The SMILES string of the molecule is CCC[C@H](CC(=O)N[C@@H](Cc1ccccc1)C(=O)N1CCC[C@H]1C(=O)N(C)[C@H](C(=O)N1CCC[C@H]1C(=O)N1C(=O)C=C(OC)[C@@H]1Cc1ccccc1)C(C)C)OC. The second kappa shape index (κ2) is 19.9. The predicted octanol–water partition coefficient (Wildman–Crippen LogP) is 3.89. The number of amides is 6. The fourth-order valence-corrected chi connectivity index (χ4v) is 8.57. The van der Waals surface area contributed by atoms with Gasteiger partial charge in [0, 0.05) is 46.2 Å². The van der Waals surface area contributed by atoms with E-state index < -0.39 is 42.0 Å². The minimum Gasteiger partial charge on any atom is -0.499 e. The molecular formula is C44H59N5O8. The van der Waals surface area contributed by atoms with Crippen LogP contribution in [0.15, 0.2) is 72.5 Å². The Kier molecular flexibility index (Phi) is 15.0. The van der Waals surface area contributed by atoms with E-state index in [2.05, 4.69) is 5.32 Å². The van der Waals surface area contributed by atoms with E-state index in [1.165, 1.54) is 27.9 Å². The monoisotopic (exact) mass is 785 g/mol. The highest BCUT2D eigenvalue weighted by molar-refractivity contribution is 6.07. The minimum absolute atomic E-state index is 0.107. The number of methoxy groups -OCH3 is 2. The minimum atomic E-state index is -0.935. The number of hydrogen-bond acceptors (Lipinski definition) is 8. The molecule has 2 aromatic carbocycles. The van der Waals surface area contributed by atoms with Crippen molar-refractivity contribution in [2.24, 2.45) is 5.92 Å².